The lowest BCUT2D eigenvalue weighted by Gasteiger charge is -2.14. The average Bonchev–Trinajstić information content (AvgIpc) is 3.51. The van der Waals surface area contributed by atoms with Crippen molar-refractivity contribution >= 4 is 29.3 Å². The Balaban J connectivity index is 1.26. The zero-order valence-corrected chi connectivity index (χ0v) is 19.8. The number of hydrogen-bond acceptors (Lipinski definition) is 7. The smallest absolute Gasteiger partial charge is 0.338 e. The van der Waals surface area contributed by atoms with Crippen molar-refractivity contribution in [3.8, 4) is 5.82 Å². The number of benzene rings is 2. The van der Waals surface area contributed by atoms with Crippen molar-refractivity contribution in [2.45, 2.75) is 20.8 Å². The Labute approximate surface area is 205 Å². The SMILES string of the molecule is Cc1cc(-n2c(C)cc(C(=O)COC(=O)c3ccc(N4C(=O)c5ccccc5C4=O)cc3)c2C)no1. The van der Waals surface area contributed by atoms with Gasteiger partial charge in [-0.1, -0.05) is 17.3 Å². The number of carbonyl (C=O) groups excluding carboxylic acids is 4. The van der Waals surface area contributed by atoms with Crippen molar-refractivity contribution in [2.75, 3.05) is 11.5 Å². The van der Waals surface area contributed by atoms with Crippen molar-refractivity contribution in [1.82, 2.24) is 9.72 Å². The molecule has 0 radical (unpaired) electrons. The summed E-state index contributed by atoms with van der Waals surface area (Å²) in [5, 5.41) is 4.00. The summed E-state index contributed by atoms with van der Waals surface area (Å²) in [7, 11) is 0. The minimum atomic E-state index is -0.696. The third-order valence-electron chi connectivity index (χ3n) is 6.07. The molecule has 2 amide bonds. The second kappa shape index (κ2) is 8.77. The van der Waals surface area contributed by atoms with Crippen LogP contribution in [0.5, 0.6) is 0 Å². The number of rotatable bonds is 6. The van der Waals surface area contributed by atoms with Crippen LogP contribution in [-0.2, 0) is 4.74 Å². The molecule has 0 spiro atoms. The van der Waals surface area contributed by atoms with Crippen LogP contribution < -0.4 is 4.90 Å². The summed E-state index contributed by atoms with van der Waals surface area (Å²) in [6.45, 7) is 4.96. The van der Waals surface area contributed by atoms with E-state index >= 15 is 0 Å². The van der Waals surface area contributed by atoms with E-state index in [0.29, 0.717) is 39.6 Å². The summed E-state index contributed by atoms with van der Waals surface area (Å²) in [5.41, 5.74) is 3.06. The molecule has 0 N–H and O–H groups in total. The fraction of sp³-hybridized carbons (Fsp3) is 0.148. The molecule has 2 aromatic heterocycles. The van der Waals surface area contributed by atoms with Crippen molar-refractivity contribution in [2.24, 2.45) is 0 Å². The van der Waals surface area contributed by atoms with Gasteiger partial charge in [-0.15, -0.1) is 0 Å². The number of Topliss-reactive ketones (excluding diaryl/α,β-unsaturated/α-hetero) is 1. The van der Waals surface area contributed by atoms with Gasteiger partial charge in [0, 0.05) is 23.0 Å². The van der Waals surface area contributed by atoms with Crippen LogP contribution in [0.1, 0.15) is 58.6 Å². The predicted molar refractivity (Wildman–Crippen MR) is 129 cm³/mol. The van der Waals surface area contributed by atoms with E-state index in [1.807, 2.05) is 6.92 Å². The number of ketones is 1. The van der Waals surface area contributed by atoms with Crippen LogP contribution >= 0.6 is 0 Å². The molecule has 0 atom stereocenters. The van der Waals surface area contributed by atoms with Gasteiger partial charge in [0.25, 0.3) is 11.8 Å². The van der Waals surface area contributed by atoms with Crippen LogP contribution in [-0.4, -0.2) is 39.9 Å². The number of imide groups is 1. The Morgan fingerprint density at radius 2 is 1.56 bits per heavy atom. The molecule has 36 heavy (non-hydrogen) atoms. The third kappa shape index (κ3) is 3.80. The first-order valence-corrected chi connectivity index (χ1v) is 11.2. The lowest BCUT2D eigenvalue weighted by atomic mass is 10.1. The number of nitrogens with zero attached hydrogens (tertiary/aromatic N) is 3. The fourth-order valence-corrected chi connectivity index (χ4v) is 4.32. The number of ether oxygens (including phenoxy) is 1. The number of esters is 1. The Kier molecular flexibility index (Phi) is 5.60. The molecule has 5 rings (SSSR count). The van der Waals surface area contributed by atoms with Gasteiger partial charge in [0.2, 0.25) is 5.78 Å². The summed E-state index contributed by atoms with van der Waals surface area (Å²) < 4.78 is 12.2. The van der Waals surface area contributed by atoms with Gasteiger partial charge in [0.15, 0.2) is 12.4 Å². The number of aryl methyl sites for hydroxylation is 2. The molecule has 1 aliphatic rings. The largest absolute Gasteiger partial charge is 0.454 e. The van der Waals surface area contributed by atoms with Crippen molar-refractivity contribution in [3.05, 3.63) is 100 Å². The topological polar surface area (TPSA) is 112 Å². The van der Waals surface area contributed by atoms with Gasteiger partial charge in [-0.2, -0.15) is 0 Å². The second-order valence-electron chi connectivity index (χ2n) is 8.45. The van der Waals surface area contributed by atoms with Gasteiger partial charge in [-0.05, 0) is 63.2 Å². The van der Waals surface area contributed by atoms with Gasteiger partial charge in [-0.3, -0.25) is 19.0 Å². The number of fused-ring (bicyclic) bond motifs is 1. The van der Waals surface area contributed by atoms with E-state index in [4.69, 9.17) is 9.26 Å². The molecule has 1 aliphatic heterocycles. The second-order valence-corrected chi connectivity index (χ2v) is 8.45. The zero-order valence-electron chi connectivity index (χ0n) is 19.8. The third-order valence-corrected chi connectivity index (χ3v) is 6.07. The highest BCUT2D eigenvalue weighted by Gasteiger charge is 2.36. The fourth-order valence-electron chi connectivity index (χ4n) is 4.32. The Morgan fingerprint density at radius 1 is 0.917 bits per heavy atom. The maximum Gasteiger partial charge on any atom is 0.338 e. The molecule has 180 valence electrons. The van der Waals surface area contributed by atoms with Gasteiger partial charge in [0.05, 0.1) is 22.4 Å². The molecule has 0 unspecified atom stereocenters. The molecule has 4 aromatic rings. The molecule has 0 fully saturated rings. The van der Waals surface area contributed by atoms with E-state index in [9.17, 15) is 19.2 Å². The molecule has 0 saturated carbocycles. The minimum absolute atomic E-state index is 0.187. The molecule has 0 aliphatic carbocycles. The number of carbonyl (C=O) groups is 4. The summed E-state index contributed by atoms with van der Waals surface area (Å²) in [6.07, 6.45) is 0. The van der Waals surface area contributed by atoms with Crippen LogP contribution in [0.15, 0.2) is 65.2 Å². The Morgan fingerprint density at radius 3 is 2.14 bits per heavy atom. The molecule has 2 aromatic carbocycles. The highest BCUT2D eigenvalue weighted by atomic mass is 16.5. The van der Waals surface area contributed by atoms with E-state index in [0.717, 1.165) is 10.6 Å². The monoisotopic (exact) mass is 483 g/mol. The van der Waals surface area contributed by atoms with Crippen LogP contribution in [0.25, 0.3) is 5.82 Å². The van der Waals surface area contributed by atoms with E-state index in [-0.39, 0.29) is 11.3 Å². The van der Waals surface area contributed by atoms with E-state index < -0.39 is 24.4 Å². The van der Waals surface area contributed by atoms with Gasteiger partial charge < -0.3 is 9.26 Å². The normalized spacial score (nSPS) is 12.7. The number of amides is 2. The van der Waals surface area contributed by atoms with Crippen LogP contribution in [0.4, 0.5) is 5.69 Å². The van der Waals surface area contributed by atoms with Gasteiger partial charge in [0.1, 0.15) is 5.76 Å². The minimum Gasteiger partial charge on any atom is -0.454 e. The van der Waals surface area contributed by atoms with E-state index in [1.54, 1.807) is 54.8 Å². The van der Waals surface area contributed by atoms with Crippen LogP contribution in [0.3, 0.4) is 0 Å². The lowest BCUT2D eigenvalue weighted by molar-refractivity contribution is 0.0474. The summed E-state index contributed by atoms with van der Waals surface area (Å²) in [6, 6.07) is 16.0. The van der Waals surface area contributed by atoms with E-state index in [1.165, 1.54) is 24.3 Å². The molecular formula is C27H21N3O6. The summed E-state index contributed by atoms with van der Waals surface area (Å²) >= 11 is 0. The molecule has 9 heteroatoms. The van der Waals surface area contributed by atoms with Crippen molar-refractivity contribution in [1.29, 1.82) is 0 Å². The van der Waals surface area contributed by atoms with E-state index in [2.05, 4.69) is 5.16 Å². The summed E-state index contributed by atoms with van der Waals surface area (Å²) in [5.74, 6) is -0.682. The highest BCUT2D eigenvalue weighted by Crippen LogP contribution is 2.28. The predicted octanol–water partition coefficient (Wildman–Crippen LogP) is 4.23. The van der Waals surface area contributed by atoms with Crippen molar-refractivity contribution < 1.29 is 28.4 Å². The molecule has 0 saturated heterocycles. The highest BCUT2D eigenvalue weighted by molar-refractivity contribution is 6.34. The zero-order chi connectivity index (χ0) is 25.6. The number of aromatic nitrogens is 2. The summed E-state index contributed by atoms with van der Waals surface area (Å²) in [4.78, 5) is 51.7. The van der Waals surface area contributed by atoms with Gasteiger partial charge >= 0.3 is 5.97 Å². The number of anilines is 1. The molecule has 0 bridgehead atoms. The first-order valence-electron chi connectivity index (χ1n) is 11.2. The quantitative estimate of drug-likeness (QED) is 0.229. The first-order chi connectivity index (χ1) is 17.3. The maximum atomic E-state index is 12.8. The number of hydrogen-bond donors (Lipinski definition) is 0. The average molecular weight is 483 g/mol. The molecule has 3 heterocycles. The van der Waals surface area contributed by atoms with Gasteiger partial charge in [-0.25, -0.2) is 9.69 Å². The maximum absolute atomic E-state index is 12.8. The lowest BCUT2D eigenvalue weighted by Crippen LogP contribution is -2.29. The Bertz CT molecular complexity index is 1510. The Hall–Kier alpha value is -4.79. The molecular weight excluding hydrogens is 462 g/mol. The van der Waals surface area contributed by atoms with Crippen molar-refractivity contribution in [3.63, 3.8) is 0 Å². The van der Waals surface area contributed by atoms with Crippen LogP contribution in [0.2, 0.25) is 0 Å². The molecule has 9 nitrogen and oxygen atoms in total. The first kappa shape index (κ1) is 23.0. The van der Waals surface area contributed by atoms with Crippen LogP contribution in [0, 0.1) is 20.8 Å². The standard InChI is InChI=1S/C27H21N3O6/c1-15-12-22(17(3)29(15)24-13-16(2)36-28-24)23(31)14-35-27(34)18-8-10-19(11-9-18)30-25(32)20-6-4-5-7-21(20)26(30)33/h4-13H,14H2,1-3H3.